The van der Waals surface area contributed by atoms with Crippen LogP contribution in [0.5, 0.6) is 0 Å². The zero-order valence-electron chi connectivity index (χ0n) is 37.2. The minimum absolute atomic E-state index is 0.0532. The second-order valence-electron chi connectivity index (χ2n) is 16.8. The standard InChI is InChI=1S/C32H12BF24.C17H16NO/c34-25(35,36)13-1-14(26(37,38)39)6-21(5-13)33(22-7-15(27(40,41)42)2-16(8-22)28(43,44)45,23-9-17(29(46,47)48)3-18(10-23)30(49,50)51)24-11-19(31(52,53)54)4-20(12-24)32(55,56)57;19-13-16-11-10-15-8-4-5-9-17(15)18(16)12-14-6-2-1-3-7-14/h1-12H;1-11,19H,12-13H2/q-1;+1. The quantitative estimate of drug-likeness (QED) is 0.0960. The largest absolute Gasteiger partial charge is 0.416 e. The van der Waals surface area contributed by atoms with Gasteiger partial charge in [0.1, 0.15) is 12.8 Å². The molecule has 7 aromatic rings. The number of rotatable bonds is 7. The van der Waals surface area contributed by atoms with Crippen LogP contribution in [0.4, 0.5) is 105 Å². The van der Waals surface area contributed by atoms with Crippen molar-refractivity contribution in [3.8, 4) is 0 Å². The third-order valence-corrected chi connectivity index (χ3v) is 11.8. The fourth-order valence-corrected chi connectivity index (χ4v) is 8.47. The Morgan fingerprint density at radius 2 is 0.579 bits per heavy atom. The fraction of sp³-hybridized carbons (Fsp3) is 0.204. The number of hydrogen-bond acceptors (Lipinski definition) is 1. The molecular formula is C49H28BF24NO. The second kappa shape index (κ2) is 20.2. The van der Waals surface area contributed by atoms with Gasteiger partial charge in [0.25, 0.3) is 0 Å². The summed E-state index contributed by atoms with van der Waals surface area (Å²) >= 11 is 0. The smallest absolute Gasteiger partial charge is 0.385 e. The van der Waals surface area contributed by atoms with Crippen molar-refractivity contribution in [2.24, 2.45) is 0 Å². The Labute approximate surface area is 411 Å². The van der Waals surface area contributed by atoms with Gasteiger partial charge in [-0.25, -0.2) is 0 Å². The summed E-state index contributed by atoms with van der Waals surface area (Å²) in [4.78, 5) is 0. The van der Waals surface area contributed by atoms with E-state index in [9.17, 15) is 110 Å². The third kappa shape index (κ3) is 12.8. The maximum atomic E-state index is 14.2. The number of para-hydroxylation sites is 1. The molecule has 0 saturated heterocycles. The highest BCUT2D eigenvalue weighted by Gasteiger charge is 2.47. The van der Waals surface area contributed by atoms with Gasteiger partial charge in [0.15, 0.2) is 6.54 Å². The summed E-state index contributed by atoms with van der Waals surface area (Å²) in [5.74, 6) is 0. The minimum atomic E-state index is -6.13. The van der Waals surface area contributed by atoms with Gasteiger partial charge in [0, 0.05) is 23.1 Å². The van der Waals surface area contributed by atoms with Gasteiger partial charge in [-0.1, -0.05) is 91.0 Å². The number of alkyl halides is 24. The SMILES string of the molecule is FC(F)(F)c1cc([B-](c2cc(C(F)(F)F)cc(C(F)(F)F)c2)(c2cc(C(F)(F)F)cc(C(F)(F)F)c2)c2cc(C(F)(F)F)cc(C(F)(F)F)c2)cc(C(F)(F)F)c1.OCc1ccc2ccccc2[n+]1Cc1ccccc1. The number of hydrogen-bond donors (Lipinski definition) is 1. The molecule has 0 unspecified atom stereocenters. The molecule has 0 radical (unpaired) electrons. The summed E-state index contributed by atoms with van der Waals surface area (Å²) in [7, 11) is 0. The van der Waals surface area contributed by atoms with Crippen LogP contribution in [0.3, 0.4) is 0 Å². The number of benzene rings is 6. The first-order chi connectivity index (χ1) is 34.6. The molecule has 0 aliphatic rings. The van der Waals surface area contributed by atoms with Gasteiger partial charge < -0.3 is 5.11 Å². The number of aromatic nitrogens is 1. The Bertz CT molecular complexity index is 2780. The summed E-state index contributed by atoms with van der Waals surface area (Å²) in [6.45, 7) is 0.829. The topological polar surface area (TPSA) is 24.1 Å². The molecule has 76 heavy (non-hydrogen) atoms. The van der Waals surface area contributed by atoms with Crippen molar-refractivity contribution >= 4 is 38.9 Å². The molecule has 27 heteroatoms. The first-order valence-electron chi connectivity index (χ1n) is 21.1. The van der Waals surface area contributed by atoms with E-state index in [-0.39, 0.29) is 6.61 Å². The molecule has 0 saturated carbocycles. The van der Waals surface area contributed by atoms with Gasteiger partial charge in [-0.2, -0.15) is 132 Å². The van der Waals surface area contributed by atoms with E-state index >= 15 is 0 Å². The highest BCUT2D eigenvalue weighted by Crippen LogP contribution is 2.41. The predicted octanol–water partition coefficient (Wildman–Crippen LogP) is 13.9. The highest BCUT2D eigenvalue weighted by molar-refractivity contribution is 7.20. The molecule has 0 aliphatic heterocycles. The third-order valence-electron chi connectivity index (χ3n) is 11.8. The molecule has 0 amide bonds. The van der Waals surface area contributed by atoms with Gasteiger partial charge in [0.05, 0.1) is 44.5 Å². The molecule has 2 nitrogen and oxygen atoms in total. The summed E-state index contributed by atoms with van der Waals surface area (Å²) < 4.78 is 343. The van der Waals surface area contributed by atoms with Crippen molar-refractivity contribution in [1.82, 2.24) is 0 Å². The number of aliphatic hydroxyl groups excluding tert-OH is 1. The van der Waals surface area contributed by atoms with E-state index in [1.165, 1.54) is 10.9 Å². The molecule has 1 heterocycles. The molecule has 6 aromatic carbocycles. The summed E-state index contributed by atoms with van der Waals surface area (Å²) in [6, 6.07) is 13.8. The summed E-state index contributed by atoms with van der Waals surface area (Å²) in [6.07, 6.45) is -54.8. The van der Waals surface area contributed by atoms with Crippen molar-refractivity contribution in [3.63, 3.8) is 0 Å². The van der Waals surface area contributed by atoms with E-state index < -0.39 is 195 Å². The van der Waals surface area contributed by atoms with Gasteiger partial charge in [-0.3, -0.25) is 0 Å². The van der Waals surface area contributed by atoms with Gasteiger partial charge in [0.2, 0.25) is 11.2 Å². The van der Waals surface area contributed by atoms with Crippen LogP contribution < -0.4 is 26.4 Å². The van der Waals surface area contributed by atoms with Crippen LogP contribution in [0.1, 0.15) is 55.8 Å². The summed E-state index contributed by atoms with van der Waals surface area (Å²) in [5.41, 5.74) is -26.9. The molecular weight excluding hydrogens is 1090 g/mol. The maximum Gasteiger partial charge on any atom is 0.416 e. The average Bonchev–Trinajstić information content (AvgIpc) is 3.30. The highest BCUT2D eigenvalue weighted by atomic mass is 19.4. The molecule has 0 spiro atoms. The molecule has 1 N–H and O–H groups in total. The molecule has 0 bridgehead atoms. The van der Waals surface area contributed by atoms with Crippen LogP contribution in [0.25, 0.3) is 10.9 Å². The lowest BCUT2D eigenvalue weighted by Gasteiger charge is -2.46. The zero-order valence-corrected chi connectivity index (χ0v) is 37.2. The number of halogens is 24. The lowest BCUT2D eigenvalue weighted by atomic mass is 9.12. The van der Waals surface area contributed by atoms with Crippen molar-refractivity contribution in [2.75, 3.05) is 0 Å². The van der Waals surface area contributed by atoms with Crippen molar-refractivity contribution < 1.29 is 115 Å². The Morgan fingerprint density at radius 1 is 0.316 bits per heavy atom. The van der Waals surface area contributed by atoms with Crippen LogP contribution in [-0.4, -0.2) is 11.3 Å². The Morgan fingerprint density at radius 3 is 0.842 bits per heavy atom. The summed E-state index contributed by atoms with van der Waals surface area (Å²) in [5, 5.41) is 10.7. The number of aliphatic hydroxyl groups is 1. The van der Waals surface area contributed by atoms with E-state index in [0.29, 0.717) is 0 Å². The van der Waals surface area contributed by atoms with E-state index in [0.717, 1.165) is 17.8 Å². The Balaban J connectivity index is 0.000000408. The lowest BCUT2D eigenvalue weighted by Crippen LogP contribution is -2.75. The monoisotopic (exact) mass is 1110 g/mol. The van der Waals surface area contributed by atoms with Crippen molar-refractivity contribution in [1.29, 1.82) is 0 Å². The fourth-order valence-electron chi connectivity index (χ4n) is 8.47. The van der Waals surface area contributed by atoms with Gasteiger partial charge in [-0.05, 0) is 36.4 Å². The molecule has 0 atom stereocenters. The number of nitrogens with zero attached hydrogens (tertiary/aromatic N) is 1. The maximum absolute atomic E-state index is 14.2. The van der Waals surface area contributed by atoms with E-state index in [2.05, 4.69) is 34.9 Å². The molecule has 7 rings (SSSR count). The van der Waals surface area contributed by atoms with E-state index in [1.54, 1.807) is 0 Å². The van der Waals surface area contributed by atoms with Crippen molar-refractivity contribution in [3.05, 3.63) is 195 Å². The van der Waals surface area contributed by atoms with Crippen LogP contribution in [0.2, 0.25) is 0 Å². The number of pyridine rings is 1. The first kappa shape index (κ1) is 58.3. The molecule has 0 fully saturated rings. The lowest BCUT2D eigenvalue weighted by molar-refractivity contribution is -0.672. The second-order valence-corrected chi connectivity index (χ2v) is 16.8. The number of fused-ring (bicyclic) bond motifs is 1. The molecule has 406 valence electrons. The van der Waals surface area contributed by atoms with E-state index in [1.807, 2.05) is 36.4 Å². The Kier molecular flexibility index (Phi) is 15.5. The first-order valence-corrected chi connectivity index (χ1v) is 21.1. The zero-order chi connectivity index (χ0) is 57.0. The Hall–Kier alpha value is -6.93. The van der Waals surface area contributed by atoms with Crippen LogP contribution in [0, 0.1) is 0 Å². The molecule has 1 aromatic heterocycles. The predicted molar refractivity (Wildman–Crippen MR) is 226 cm³/mol. The minimum Gasteiger partial charge on any atom is -0.385 e. The van der Waals surface area contributed by atoms with E-state index in [4.69, 9.17) is 0 Å². The van der Waals surface area contributed by atoms with Gasteiger partial charge >= 0.3 is 49.4 Å². The normalized spacial score (nSPS) is 13.4. The van der Waals surface area contributed by atoms with Crippen LogP contribution >= 0.6 is 0 Å². The average molecular weight is 1110 g/mol. The van der Waals surface area contributed by atoms with Crippen LogP contribution in [-0.2, 0) is 62.6 Å². The molecule has 0 aliphatic carbocycles. The van der Waals surface area contributed by atoms with Crippen molar-refractivity contribution in [2.45, 2.75) is 62.6 Å². The van der Waals surface area contributed by atoms with Crippen LogP contribution in [0.15, 0.2) is 140 Å². The van der Waals surface area contributed by atoms with Gasteiger partial charge in [-0.15, -0.1) is 0 Å².